The third kappa shape index (κ3) is 4.52. The third-order valence-corrected chi connectivity index (χ3v) is 4.41. The van der Waals surface area contributed by atoms with Crippen LogP contribution in [0.1, 0.15) is 16.8 Å². The van der Waals surface area contributed by atoms with Crippen LogP contribution in [0, 0.1) is 14.9 Å². The second-order valence-electron chi connectivity index (χ2n) is 5.99. The summed E-state index contributed by atoms with van der Waals surface area (Å²) in [6, 6.07) is 12.0. The lowest BCUT2D eigenvalue weighted by atomic mass is 10.2. The van der Waals surface area contributed by atoms with Crippen LogP contribution in [0.25, 0.3) is 10.9 Å². The van der Waals surface area contributed by atoms with E-state index < -0.39 is 16.7 Å². The Bertz CT molecular complexity index is 1230. The van der Waals surface area contributed by atoms with Crippen LogP contribution in [0.5, 0.6) is 0 Å². The van der Waals surface area contributed by atoms with Gasteiger partial charge in [-0.25, -0.2) is 0 Å². The standard InChI is InChI=1S/C18H15N5O5S/c24-15(20-21-16(25)11-4-3-5-12(10-11)23(27)28)8-9-22-17(26)13-6-1-2-7-14(13)19-18(22)29/h1-7,10H,8-9H2,(H,19,29)(H,20,24)(H,21,25). The van der Waals surface area contributed by atoms with E-state index in [4.69, 9.17) is 12.2 Å². The van der Waals surface area contributed by atoms with Crippen LogP contribution >= 0.6 is 12.2 Å². The molecule has 0 bridgehead atoms. The van der Waals surface area contributed by atoms with Gasteiger partial charge in [0.2, 0.25) is 5.91 Å². The highest BCUT2D eigenvalue weighted by Gasteiger charge is 2.13. The van der Waals surface area contributed by atoms with Crippen molar-refractivity contribution in [3.8, 4) is 0 Å². The van der Waals surface area contributed by atoms with Gasteiger partial charge >= 0.3 is 0 Å². The number of nitrogens with one attached hydrogen (secondary N) is 3. The van der Waals surface area contributed by atoms with Crippen LogP contribution in [0.4, 0.5) is 5.69 Å². The fourth-order valence-corrected chi connectivity index (χ4v) is 2.92. The Morgan fingerprint density at radius 3 is 2.66 bits per heavy atom. The average molecular weight is 413 g/mol. The fourth-order valence-electron chi connectivity index (χ4n) is 2.64. The second-order valence-corrected chi connectivity index (χ2v) is 6.38. The summed E-state index contributed by atoms with van der Waals surface area (Å²) >= 11 is 5.17. The molecule has 3 aromatic rings. The summed E-state index contributed by atoms with van der Waals surface area (Å²) in [7, 11) is 0. The number of para-hydroxylation sites is 1. The van der Waals surface area contributed by atoms with E-state index in [1.807, 2.05) is 0 Å². The number of hydrogen-bond donors (Lipinski definition) is 3. The predicted octanol–water partition coefficient (Wildman–Crippen LogP) is 1.82. The molecule has 0 saturated carbocycles. The Labute approximate surface area is 168 Å². The zero-order chi connectivity index (χ0) is 21.0. The summed E-state index contributed by atoms with van der Waals surface area (Å²) < 4.78 is 1.45. The summed E-state index contributed by atoms with van der Waals surface area (Å²) in [5.74, 6) is -1.26. The zero-order valence-corrected chi connectivity index (χ0v) is 15.7. The molecule has 0 saturated heterocycles. The molecule has 0 radical (unpaired) electrons. The SMILES string of the molecule is O=C(CCn1c(=S)[nH]c2ccccc2c1=O)NNC(=O)c1cccc([N+](=O)[O-])c1. The van der Waals surface area contributed by atoms with E-state index >= 15 is 0 Å². The number of nitro benzene ring substituents is 1. The number of nitrogens with zero attached hydrogens (tertiary/aromatic N) is 2. The quantitative estimate of drug-likeness (QED) is 0.331. The van der Waals surface area contributed by atoms with E-state index in [-0.39, 0.29) is 34.5 Å². The van der Waals surface area contributed by atoms with E-state index in [0.29, 0.717) is 10.9 Å². The molecule has 3 N–H and O–H groups in total. The molecule has 2 amide bonds. The molecule has 1 heterocycles. The Morgan fingerprint density at radius 1 is 1.14 bits per heavy atom. The third-order valence-electron chi connectivity index (χ3n) is 4.09. The van der Waals surface area contributed by atoms with Crippen LogP contribution in [0.2, 0.25) is 0 Å². The van der Waals surface area contributed by atoms with E-state index in [0.717, 1.165) is 6.07 Å². The highest BCUT2D eigenvalue weighted by Crippen LogP contribution is 2.12. The minimum absolute atomic E-state index is 0.0114. The number of aromatic nitrogens is 2. The molecule has 1 aromatic heterocycles. The van der Waals surface area contributed by atoms with Gasteiger partial charge in [-0.3, -0.25) is 39.9 Å². The van der Waals surface area contributed by atoms with Gasteiger partial charge in [0.05, 0.1) is 15.8 Å². The van der Waals surface area contributed by atoms with Crippen LogP contribution < -0.4 is 16.4 Å². The van der Waals surface area contributed by atoms with Crippen molar-refractivity contribution in [2.24, 2.45) is 0 Å². The number of rotatable bonds is 5. The molecule has 0 fully saturated rings. The summed E-state index contributed by atoms with van der Waals surface area (Å²) in [6.07, 6.45) is -0.120. The van der Waals surface area contributed by atoms with Gasteiger partial charge in [-0.2, -0.15) is 0 Å². The number of aromatic amines is 1. The van der Waals surface area contributed by atoms with Crippen molar-refractivity contribution >= 4 is 40.6 Å². The van der Waals surface area contributed by atoms with Gasteiger partial charge in [0.25, 0.3) is 17.2 Å². The van der Waals surface area contributed by atoms with Gasteiger partial charge in [-0.15, -0.1) is 0 Å². The van der Waals surface area contributed by atoms with Crippen molar-refractivity contribution < 1.29 is 14.5 Å². The maximum atomic E-state index is 12.5. The summed E-state index contributed by atoms with van der Waals surface area (Å²) in [5, 5.41) is 11.2. The van der Waals surface area contributed by atoms with Gasteiger partial charge in [-0.05, 0) is 30.4 Å². The molecule has 3 rings (SSSR count). The number of hydrogen-bond acceptors (Lipinski definition) is 6. The maximum Gasteiger partial charge on any atom is 0.270 e. The maximum absolute atomic E-state index is 12.5. The lowest BCUT2D eigenvalue weighted by molar-refractivity contribution is -0.384. The van der Waals surface area contributed by atoms with Gasteiger partial charge < -0.3 is 4.98 Å². The number of amides is 2. The smallest absolute Gasteiger partial charge is 0.270 e. The second kappa shape index (κ2) is 8.44. The number of benzene rings is 2. The van der Waals surface area contributed by atoms with Crippen LogP contribution in [-0.2, 0) is 11.3 Å². The minimum atomic E-state index is -0.706. The zero-order valence-electron chi connectivity index (χ0n) is 14.9. The monoisotopic (exact) mass is 413 g/mol. The van der Waals surface area contributed by atoms with Crippen molar-refractivity contribution in [2.45, 2.75) is 13.0 Å². The first kappa shape index (κ1) is 19.9. The molecule has 0 aliphatic carbocycles. The molecule has 0 spiro atoms. The molecule has 10 nitrogen and oxygen atoms in total. The Balaban J connectivity index is 1.62. The molecule has 0 aliphatic heterocycles. The number of nitro groups is 1. The molecule has 11 heteroatoms. The topological polar surface area (TPSA) is 139 Å². The number of non-ortho nitro benzene ring substituents is 1. The average Bonchev–Trinajstić information content (AvgIpc) is 2.71. The number of carbonyl (C=O) groups excluding carboxylic acids is 2. The van der Waals surface area contributed by atoms with Crippen molar-refractivity contribution in [2.75, 3.05) is 0 Å². The molecule has 0 aliphatic rings. The Hall–Kier alpha value is -3.86. The van der Waals surface area contributed by atoms with E-state index in [1.165, 1.54) is 22.8 Å². The normalized spacial score (nSPS) is 10.5. The number of H-pyrrole nitrogens is 1. The predicted molar refractivity (Wildman–Crippen MR) is 107 cm³/mol. The first-order valence-electron chi connectivity index (χ1n) is 8.42. The van der Waals surface area contributed by atoms with Gasteiger partial charge in [0.15, 0.2) is 4.77 Å². The van der Waals surface area contributed by atoms with Crippen molar-refractivity contribution in [1.82, 2.24) is 20.4 Å². The van der Waals surface area contributed by atoms with Crippen LogP contribution in [0.15, 0.2) is 53.3 Å². The fraction of sp³-hybridized carbons (Fsp3) is 0.111. The number of carbonyl (C=O) groups is 2. The van der Waals surface area contributed by atoms with Gasteiger partial charge in [-0.1, -0.05) is 18.2 Å². The highest BCUT2D eigenvalue weighted by molar-refractivity contribution is 7.71. The molecule has 2 aromatic carbocycles. The molecule has 148 valence electrons. The van der Waals surface area contributed by atoms with Crippen LogP contribution in [0.3, 0.4) is 0 Å². The number of hydrazine groups is 1. The minimum Gasteiger partial charge on any atom is -0.332 e. The molecule has 0 unspecified atom stereocenters. The lowest BCUT2D eigenvalue weighted by Gasteiger charge is -2.09. The van der Waals surface area contributed by atoms with Gasteiger partial charge in [0, 0.05) is 30.7 Å². The van der Waals surface area contributed by atoms with Crippen molar-refractivity contribution in [1.29, 1.82) is 0 Å². The van der Waals surface area contributed by atoms with Crippen molar-refractivity contribution in [3.05, 3.63) is 79.3 Å². The molecular weight excluding hydrogens is 398 g/mol. The van der Waals surface area contributed by atoms with Crippen LogP contribution in [-0.4, -0.2) is 26.3 Å². The molecular formula is C18H15N5O5S. The van der Waals surface area contributed by atoms with Crippen molar-refractivity contribution in [3.63, 3.8) is 0 Å². The largest absolute Gasteiger partial charge is 0.332 e. The lowest BCUT2D eigenvalue weighted by Crippen LogP contribution is -2.42. The van der Waals surface area contributed by atoms with E-state index in [9.17, 15) is 24.5 Å². The van der Waals surface area contributed by atoms with E-state index in [1.54, 1.807) is 24.3 Å². The first-order chi connectivity index (χ1) is 13.9. The highest BCUT2D eigenvalue weighted by atomic mass is 32.1. The van der Waals surface area contributed by atoms with E-state index in [2.05, 4.69) is 15.8 Å². The Kier molecular flexibility index (Phi) is 5.79. The van der Waals surface area contributed by atoms with Gasteiger partial charge in [0.1, 0.15) is 0 Å². The Morgan fingerprint density at radius 2 is 1.90 bits per heavy atom. The number of fused-ring (bicyclic) bond motifs is 1. The first-order valence-corrected chi connectivity index (χ1v) is 8.83. The molecule has 0 atom stereocenters. The summed E-state index contributed by atoms with van der Waals surface area (Å²) in [5.41, 5.74) is 4.45. The molecule has 29 heavy (non-hydrogen) atoms. The summed E-state index contributed by atoms with van der Waals surface area (Å²) in [6.45, 7) is 0.0114. The summed E-state index contributed by atoms with van der Waals surface area (Å²) in [4.78, 5) is 49.6.